The Morgan fingerprint density at radius 3 is 2.36 bits per heavy atom. The van der Waals surface area contributed by atoms with E-state index in [4.69, 9.17) is 28.3 Å². The Hall–Kier alpha value is -0.740. The number of benzene rings is 1. The average molecular weight is 243 g/mol. The van der Waals surface area contributed by atoms with Crippen molar-refractivity contribution in [2.75, 3.05) is 0 Å². The van der Waals surface area contributed by atoms with Crippen LogP contribution in [-0.4, -0.2) is 16.1 Å². The average Bonchev–Trinajstić information content (AvgIpc) is 2.08. The third-order valence-corrected chi connectivity index (χ3v) is 1.87. The second kappa shape index (κ2) is 4.19. The molecule has 6 heteroatoms. The molecule has 1 aromatic carbocycles. The van der Waals surface area contributed by atoms with E-state index in [1.807, 2.05) is 0 Å². The molecule has 0 fully saturated rings. The topological polar surface area (TPSA) is 29.5 Å². The lowest BCUT2D eigenvalue weighted by Crippen LogP contribution is -2.32. The van der Waals surface area contributed by atoms with Gasteiger partial charge in [0.15, 0.2) is 11.5 Å². The minimum Gasteiger partial charge on any atom is -0.504 e. The van der Waals surface area contributed by atoms with Gasteiger partial charge in [0.2, 0.25) is 4.84 Å². The highest BCUT2D eigenvalue weighted by atomic mass is 35.5. The molecular weight excluding hydrogens is 237 g/mol. The first-order valence-electron chi connectivity index (χ1n) is 3.56. The summed E-state index contributed by atoms with van der Waals surface area (Å²) in [6, 6.07) is 5.30. The standard InChI is InChI=1S/C8H6Cl2F2O2/c9-7(10)8(11,12)14-6-4-2-1-3-5(6)13/h1-4,7,13H. The van der Waals surface area contributed by atoms with Crippen LogP contribution in [0.4, 0.5) is 8.78 Å². The van der Waals surface area contributed by atoms with Gasteiger partial charge >= 0.3 is 6.11 Å². The lowest BCUT2D eigenvalue weighted by atomic mass is 10.3. The number of phenols is 1. The maximum absolute atomic E-state index is 12.8. The van der Waals surface area contributed by atoms with Gasteiger partial charge in [-0.1, -0.05) is 35.3 Å². The van der Waals surface area contributed by atoms with Crippen molar-refractivity contribution in [3.05, 3.63) is 24.3 Å². The summed E-state index contributed by atoms with van der Waals surface area (Å²) in [5.74, 6) is -0.773. The molecule has 0 bridgehead atoms. The Labute approximate surface area is 89.0 Å². The van der Waals surface area contributed by atoms with E-state index in [2.05, 4.69) is 4.74 Å². The van der Waals surface area contributed by atoms with Crippen LogP contribution in [0.3, 0.4) is 0 Å². The van der Waals surface area contributed by atoms with Crippen LogP contribution in [0, 0.1) is 0 Å². The molecule has 1 rings (SSSR count). The van der Waals surface area contributed by atoms with E-state index in [1.165, 1.54) is 24.3 Å². The lowest BCUT2D eigenvalue weighted by molar-refractivity contribution is -0.164. The van der Waals surface area contributed by atoms with Gasteiger partial charge in [-0.05, 0) is 12.1 Å². The molecule has 0 spiro atoms. The van der Waals surface area contributed by atoms with Crippen molar-refractivity contribution < 1.29 is 18.6 Å². The van der Waals surface area contributed by atoms with Gasteiger partial charge in [-0.15, -0.1) is 0 Å². The van der Waals surface area contributed by atoms with Crippen LogP contribution in [0.5, 0.6) is 11.5 Å². The maximum Gasteiger partial charge on any atom is 0.428 e. The Morgan fingerprint density at radius 2 is 1.86 bits per heavy atom. The summed E-state index contributed by atoms with van der Waals surface area (Å²) in [7, 11) is 0. The Kier molecular flexibility index (Phi) is 3.39. The van der Waals surface area contributed by atoms with Crippen LogP contribution in [0.15, 0.2) is 24.3 Å². The molecule has 0 aliphatic heterocycles. The van der Waals surface area contributed by atoms with Crippen molar-refractivity contribution in [1.29, 1.82) is 0 Å². The zero-order valence-corrected chi connectivity index (χ0v) is 8.27. The zero-order chi connectivity index (χ0) is 10.8. The highest BCUT2D eigenvalue weighted by Crippen LogP contribution is 2.34. The minimum atomic E-state index is -3.73. The summed E-state index contributed by atoms with van der Waals surface area (Å²) in [6.07, 6.45) is -3.73. The summed E-state index contributed by atoms with van der Waals surface area (Å²) in [4.78, 5) is -2.00. The number of hydrogen-bond acceptors (Lipinski definition) is 2. The number of alkyl halides is 4. The van der Waals surface area contributed by atoms with Crippen molar-refractivity contribution in [3.8, 4) is 11.5 Å². The van der Waals surface area contributed by atoms with Crippen molar-refractivity contribution >= 4 is 23.2 Å². The van der Waals surface area contributed by atoms with Crippen molar-refractivity contribution in [2.45, 2.75) is 10.9 Å². The summed E-state index contributed by atoms with van der Waals surface area (Å²) >= 11 is 9.96. The van der Waals surface area contributed by atoms with Gasteiger partial charge in [-0.25, -0.2) is 0 Å². The third-order valence-electron chi connectivity index (χ3n) is 1.37. The van der Waals surface area contributed by atoms with Crippen LogP contribution in [0.25, 0.3) is 0 Å². The third kappa shape index (κ3) is 2.62. The molecule has 0 heterocycles. The summed E-state index contributed by atoms with van der Waals surface area (Å²) in [6.45, 7) is 0. The summed E-state index contributed by atoms with van der Waals surface area (Å²) in [5.41, 5.74) is 0. The smallest absolute Gasteiger partial charge is 0.428 e. The van der Waals surface area contributed by atoms with E-state index in [0.717, 1.165) is 0 Å². The van der Waals surface area contributed by atoms with Gasteiger partial charge in [-0.3, -0.25) is 0 Å². The van der Waals surface area contributed by atoms with Crippen molar-refractivity contribution in [2.24, 2.45) is 0 Å². The van der Waals surface area contributed by atoms with Crippen LogP contribution in [0.1, 0.15) is 0 Å². The molecule has 0 saturated heterocycles. The molecule has 0 radical (unpaired) electrons. The quantitative estimate of drug-likeness (QED) is 0.826. The van der Waals surface area contributed by atoms with E-state index >= 15 is 0 Å². The molecule has 14 heavy (non-hydrogen) atoms. The first kappa shape index (κ1) is 11.3. The molecule has 0 saturated carbocycles. The van der Waals surface area contributed by atoms with Crippen LogP contribution in [0.2, 0.25) is 0 Å². The highest BCUT2D eigenvalue weighted by molar-refractivity contribution is 6.44. The van der Waals surface area contributed by atoms with Gasteiger partial charge < -0.3 is 9.84 Å². The largest absolute Gasteiger partial charge is 0.504 e. The van der Waals surface area contributed by atoms with Crippen LogP contribution < -0.4 is 4.74 Å². The molecule has 0 aromatic heterocycles. The zero-order valence-electron chi connectivity index (χ0n) is 6.75. The number of para-hydroxylation sites is 2. The number of rotatable bonds is 3. The van der Waals surface area contributed by atoms with Gasteiger partial charge in [0.05, 0.1) is 0 Å². The molecule has 78 valence electrons. The molecule has 0 aliphatic carbocycles. The normalized spacial score (nSPS) is 11.8. The Balaban J connectivity index is 2.84. The second-order valence-corrected chi connectivity index (χ2v) is 3.53. The maximum atomic E-state index is 12.8. The molecular formula is C8H6Cl2F2O2. The summed E-state index contributed by atoms with van der Waals surface area (Å²) in [5, 5.41) is 9.11. The second-order valence-electron chi connectivity index (χ2n) is 2.43. The van der Waals surface area contributed by atoms with E-state index in [1.54, 1.807) is 0 Å². The predicted octanol–water partition coefficient (Wildman–Crippen LogP) is 3.17. The monoisotopic (exact) mass is 242 g/mol. The van der Waals surface area contributed by atoms with Crippen LogP contribution >= 0.6 is 23.2 Å². The number of phenolic OH excluding ortho intramolecular Hbond substituents is 1. The van der Waals surface area contributed by atoms with E-state index < -0.39 is 16.7 Å². The van der Waals surface area contributed by atoms with E-state index in [0.29, 0.717) is 0 Å². The Bertz CT molecular complexity index is 318. The molecule has 0 atom stereocenters. The van der Waals surface area contributed by atoms with Gasteiger partial charge in [0.25, 0.3) is 0 Å². The Morgan fingerprint density at radius 1 is 1.29 bits per heavy atom. The summed E-state index contributed by atoms with van der Waals surface area (Å²) < 4.78 is 29.8. The fourth-order valence-corrected chi connectivity index (χ4v) is 0.824. The van der Waals surface area contributed by atoms with Gasteiger partial charge in [0, 0.05) is 0 Å². The van der Waals surface area contributed by atoms with Gasteiger partial charge in [-0.2, -0.15) is 8.78 Å². The van der Waals surface area contributed by atoms with Crippen molar-refractivity contribution in [1.82, 2.24) is 0 Å². The van der Waals surface area contributed by atoms with Gasteiger partial charge in [0.1, 0.15) is 0 Å². The number of hydrogen-bond donors (Lipinski definition) is 1. The molecule has 0 aliphatic rings. The lowest BCUT2D eigenvalue weighted by Gasteiger charge is -2.18. The molecule has 0 unspecified atom stereocenters. The molecule has 1 N–H and O–H groups in total. The molecule has 1 aromatic rings. The number of aromatic hydroxyl groups is 1. The van der Waals surface area contributed by atoms with Crippen LogP contribution in [-0.2, 0) is 0 Å². The SMILES string of the molecule is Oc1ccccc1OC(F)(F)C(Cl)Cl. The van der Waals surface area contributed by atoms with Crippen molar-refractivity contribution in [3.63, 3.8) is 0 Å². The molecule has 0 amide bonds. The first-order valence-corrected chi connectivity index (χ1v) is 4.44. The fourth-order valence-electron chi connectivity index (χ4n) is 0.735. The predicted molar refractivity (Wildman–Crippen MR) is 49.2 cm³/mol. The van der Waals surface area contributed by atoms with E-state index in [9.17, 15) is 8.78 Å². The fraction of sp³-hybridized carbons (Fsp3) is 0.250. The number of ether oxygens (including phenoxy) is 1. The molecule has 2 nitrogen and oxygen atoms in total. The minimum absolute atomic E-state index is 0.371. The number of halogens is 4. The highest BCUT2D eigenvalue weighted by Gasteiger charge is 2.40. The first-order chi connectivity index (χ1) is 6.43. The van der Waals surface area contributed by atoms with E-state index in [-0.39, 0.29) is 5.75 Å².